The summed E-state index contributed by atoms with van der Waals surface area (Å²) in [5.74, 6) is -1.44. The summed E-state index contributed by atoms with van der Waals surface area (Å²) in [6, 6.07) is 9.47. The van der Waals surface area contributed by atoms with Gasteiger partial charge >= 0.3 is 5.97 Å². The van der Waals surface area contributed by atoms with Crippen molar-refractivity contribution in [2.24, 2.45) is 5.92 Å². The number of para-hydroxylation sites is 1. The van der Waals surface area contributed by atoms with Crippen molar-refractivity contribution < 1.29 is 9.90 Å². The van der Waals surface area contributed by atoms with Crippen molar-refractivity contribution in [2.45, 2.75) is 26.8 Å². The van der Waals surface area contributed by atoms with E-state index >= 15 is 0 Å². The van der Waals surface area contributed by atoms with E-state index in [4.69, 9.17) is 5.11 Å². The Hall–Kier alpha value is -2.10. The predicted molar refractivity (Wildman–Crippen MR) is 74.4 cm³/mol. The summed E-state index contributed by atoms with van der Waals surface area (Å²) in [5.41, 5.74) is 1.37. The molecule has 19 heavy (non-hydrogen) atoms. The lowest BCUT2D eigenvalue weighted by molar-refractivity contribution is -0.141. The minimum Gasteiger partial charge on any atom is -0.481 e. The predicted octanol–water partition coefficient (Wildman–Crippen LogP) is 2.28. The van der Waals surface area contributed by atoms with Gasteiger partial charge in [0.05, 0.1) is 11.4 Å². The van der Waals surface area contributed by atoms with Crippen molar-refractivity contribution in [3.8, 4) is 0 Å². The molecule has 1 heterocycles. The molecule has 0 radical (unpaired) electrons. The Kier molecular flexibility index (Phi) is 3.69. The van der Waals surface area contributed by atoms with Crippen molar-refractivity contribution in [3.05, 3.63) is 46.2 Å². The van der Waals surface area contributed by atoms with E-state index in [0.29, 0.717) is 12.1 Å². The number of aryl methyl sites for hydroxylation is 1. The summed E-state index contributed by atoms with van der Waals surface area (Å²) >= 11 is 0. The third kappa shape index (κ3) is 2.52. The highest BCUT2D eigenvalue weighted by molar-refractivity contribution is 5.79. The van der Waals surface area contributed by atoms with E-state index in [1.54, 1.807) is 11.5 Å². The van der Waals surface area contributed by atoms with Crippen LogP contribution >= 0.6 is 0 Å². The zero-order chi connectivity index (χ0) is 14.0. The first-order valence-corrected chi connectivity index (χ1v) is 6.38. The van der Waals surface area contributed by atoms with Crippen LogP contribution in [-0.2, 0) is 17.8 Å². The summed E-state index contributed by atoms with van der Waals surface area (Å²) < 4.78 is 1.69. The number of hydrogen-bond donors (Lipinski definition) is 1. The minimum absolute atomic E-state index is 0.0886. The van der Waals surface area contributed by atoms with Crippen molar-refractivity contribution in [3.63, 3.8) is 0 Å². The average molecular weight is 259 g/mol. The molecule has 4 heteroatoms. The fraction of sp³-hybridized carbons (Fsp3) is 0.333. The molecule has 1 aromatic heterocycles. The van der Waals surface area contributed by atoms with Crippen molar-refractivity contribution in [2.75, 3.05) is 0 Å². The van der Waals surface area contributed by atoms with E-state index in [-0.39, 0.29) is 12.0 Å². The van der Waals surface area contributed by atoms with Crippen LogP contribution < -0.4 is 5.56 Å². The molecule has 0 saturated heterocycles. The Balaban J connectivity index is 2.59. The highest BCUT2D eigenvalue weighted by Gasteiger charge is 2.15. The highest BCUT2D eigenvalue weighted by atomic mass is 16.4. The Morgan fingerprint density at radius 2 is 2.05 bits per heavy atom. The molecule has 0 fully saturated rings. The number of carbonyl (C=O) groups is 1. The van der Waals surface area contributed by atoms with Crippen LogP contribution in [0.2, 0.25) is 0 Å². The second-order valence-electron chi connectivity index (χ2n) is 4.72. The van der Waals surface area contributed by atoms with Crippen LogP contribution in [0.4, 0.5) is 0 Å². The van der Waals surface area contributed by atoms with Gasteiger partial charge in [0.25, 0.3) is 5.56 Å². The van der Waals surface area contributed by atoms with Crippen molar-refractivity contribution in [1.29, 1.82) is 0 Å². The van der Waals surface area contributed by atoms with Crippen LogP contribution in [0.3, 0.4) is 0 Å². The average Bonchev–Trinajstić information content (AvgIpc) is 2.39. The molecule has 0 aliphatic heterocycles. The molecule has 0 spiro atoms. The van der Waals surface area contributed by atoms with E-state index in [1.165, 1.54) is 0 Å². The maximum Gasteiger partial charge on any atom is 0.306 e. The van der Waals surface area contributed by atoms with Crippen molar-refractivity contribution in [1.82, 2.24) is 4.57 Å². The molecular weight excluding hydrogens is 242 g/mol. The molecule has 1 atom stereocenters. The Labute approximate surface area is 111 Å². The van der Waals surface area contributed by atoms with Gasteiger partial charge in [-0.25, -0.2) is 0 Å². The van der Waals surface area contributed by atoms with Gasteiger partial charge in [-0.05, 0) is 30.9 Å². The molecular formula is C15H17NO3. The standard InChI is InChI=1S/C15H17NO3/c1-3-16-13-7-5-4-6-11(13)9-12(14(16)17)8-10(2)15(18)19/h4-7,9-10H,3,8H2,1-2H3,(H,18,19). The zero-order valence-electron chi connectivity index (χ0n) is 11.1. The number of nitrogens with zero attached hydrogens (tertiary/aromatic N) is 1. The van der Waals surface area contributed by atoms with Gasteiger partial charge in [-0.15, -0.1) is 0 Å². The molecule has 100 valence electrons. The van der Waals surface area contributed by atoms with Gasteiger partial charge in [-0.3, -0.25) is 9.59 Å². The molecule has 0 amide bonds. The molecule has 1 unspecified atom stereocenters. The molecule has 0 aliphatic carbocycles. The third-order valence-corrected chi connectivity index (χ3v) is 3.34. The van der Waals surface area contributed by atoms with Gasteiger partial charge in [-0.2, -0.15) is 0 Å². The van der Waals surface area contributed by atoms with Crippen molar-refractivity contribution >= 4 is 16.9 Å². The minimum atomic E-state index is -0.879. The molecule has 0 aliphatic rings. The second-order valence-corrected chi connectivity index (χ2v) is 4.72. The van der Waals surface area contributed by atoms with E-state index in [1.807, 2.05) is 37.3 Å². The summed E-state index contributed by atoms with van der Waals surface area (Å²) in [7, 11) is 0. The lowest BCUT2D eigenvalue weighted by Gasteiger charge is -2.12. The monoisotopic (exact) mass is 259 g/mol. The molecule has 2 rings (SSSR count). The first-order valence-electron chi connectivity index (χ1n) is 6.38. The molecule has 0 saturated carbocycles. The second kappa shape index (κ2) is 5.26. The van der Waals surface area contributed by atoms with Crippen LogP contribution in [0.1, 0.15) is 19.4 Å². The Morgan fingerprint density at radius 1 is 1.37 bits per heavy atom. The van der Waals surface area contributed by atoms with Crippen LogP contribution in [0.5, 0.6) is 0 Å². The van der Waals surface area contributed by atoms with Gasteiger partial charge in [-0.1, -0.05) is 25.1 Å². The maximum atomic E-state index is 12.3. The van der Waals surface area contributed by atoms with E-state index in [9.17, 15) is 9.59 Å². The number of aliphatic carboxylic acids is 1. The topological polar surface area (TPSA) is 59.3 Å². The first kappa shape index (κ1) is 13.3. The highest BCUT2D eigenvalue weighted by Crippen LogP contribution is 2.15. The number of rotatable bonds is 4. The Morgan fingerprint density at radius 3 is 2.68 bits per heavy atom. The lowest BCUT2D eigenvalue weighted by Crippen LogP contribution is -2.26. The van der Waals surface area contributed by atoms with Crippen LogP contribution in [0, 0.1) is 5.92 Å². The fourth-order valence-electron chi connectivity index (χ4n) is 2.26. The molecule has 1 aromatic carbocycles. The largest absolute Gasteiger partial charge is 0.481 e. The molecule has 1 N–H and O–H groups in total. The summed E-state index contributed by atoms with van der Waals surface area (Å²) in [5, 5.41) is 9.93. The van der Waals surface area contributed by atoms with E-state index in [0.717, 1.165) is 10.9 Å². The number of benzene rings is 1. The van der Waals surface area contributed by atoms with E-state index in [2.05, 4.69) is 0 Å². The zero-order valence-corrected chi connectivity index (χ0v) is 11.1. The Bertz CT molecular complexity index is 673. The number of pyridine rings is 1. The van der Waals surface area contributed by atoms with Gasteiger partial charge in [0, 0.05) is 12.1 Å². The van der Waals surface area contributed by atoms with Crippen LogP contribution in [-0.4, -0.2) is 15.6 Å². The fourth-order valence-corrected chi connectivity index (χ4v) is 2.26. The van der Waals surface area contributed by atoms with E-state index < -0.39 is 11.9 Å². The summed E-state index contributed by atoms with van der Waals surface area (Å²) in [4.78, 5) is 23.3. The summed E-state index contributed by atoms with van der Waals surface area (Å²) in [6.07, 6.45) is 0.263. The number of fused-ring (bicyclic) bond motifs is 1. The number of carboxylic acids is 1. The van der Waals surface area contributed by atoms with Crippen LogP contribution in [0.15, 0.2) is 35.1 Å². The van der Waals surface area contributed by atoms with Gasteiger partial charge < -0.3 is 9.67 Å². The number of carboxylic acid groups (broad SMARTS) is 1. The number of aromatic nitrogens is 1. The lowest BCUT2D eigenvalue weighted by atomic mass is 10.0. The SMILES string of the molecule is CCn1c(=O)c(CC(C)C(=O)O)cc2ccccc21. The molecule has 4 nitrogen and oxygen atoms in total. The molecule has 2 aromatic rings. The van der Waals surface area contributed by atoms with Gasteiger partial charge in [0.1, 0.15) is 0 Å². The first-order chi connectivity index (χ1) is 9.04. The van der Waals surface area contributed by atoms with Gasteiger partial charge in [0.2, 0.25) is 0 Å². The quantitative estimate of drug-likeness (QED) is 0.916. The summed E-state index contributed by atoms with van der Waals surface area (Å²) in [6.45, 7) is 4.11. The third-order valence-electron chi connectivity index (χ3n) is 3.34. The smallest absolute Gasteiger partial charge is 0.306 e. The van der Waals surface area contributed by atoms with Gasteiger partial charge in [0.15, 0.2) is 0 Å². The normalized spacial score (nSPS) is 12.5. The number of hydrogen-bond acceptors (Lipinski definition) is 2. The molecule has 0 bridgehead atoms. The maximum absolute atomic E-state index is 12.3. The van der Waals surface area contributed by atoms with Crippen LogP contribution in [0.25, 0.3) is 10.9 Å².